The minimum absolute atomic E-state index is 0.332. The van der Waals surface area contributed by atoms with Crippen LogP contribution in [0, 0.1) is 5.82 Å². The van der Waals surface area contributed by atoms with Crippen LogP contribution in [0.15, 0.2) is 48.4 Å². The third-order valence-corrected chi connectivity index (χ3v) is 5.71. The van der Waals surface area contributed by atoms with Crippen molar-refractivity contribution in [1.29, 1.82) is 0 Å². The van der Waals surface area contributed by atoms with Crippen LogP contribution in [0.5, 0.6) is 5.75 Å². The van der Waals surface area contributed by atoms with E-state index < -0.39 is 5.60 Å². The number of anilines is 1. The molecule has 0 amide bonds. The SMILES string of the molecule is CC(C)(O)CCOc1cc2c(c3cccnc13)NCC(N)=C2c1ccc(F)c2[nH]ncc12. The number of pyridine rings is 1. The summed E-state index contributed by atoms with van der Waals surface area (Å²) in [6.07, 6.45) is 3.80. The van der Waals surface area contributed by atoms with Crippen LogP contribution < -0.4 is 15.8 Å². The molecule has 0 atom stereocenters. The quantitative estimate of drug-likeness (QED) is 0.380. The zero-order valence-electron chi connectivity index (χ0n) is 17.9. The van der Waals surface area contributed by atoms with Gasteiger partial charge in [0.2, 0.25) is 0 Å². The Morgan fingerprint density at radius 1 is 1.22 bits per heavy atom. The molecule has 0 fully saturated rings. The first-order chi connectivity index (χ1) is 15.3. The molecule has 5 rings (SSSR count). The first-order valence-corrected chi connectivity index (χ1v) is 10.5. The highest BCUT2D eigenvalue weighted by molar-refractivity contribution is 6.07. The number of fused-ring (bicyclic) bond motifs is 4. The molecule has 5 N–H and O–H groups in total. The van der Waals surface area contributed by atoms with Crippen molar-refractivity contribution in [2.45, 2.75) is 25.9 Å². The van der Waals surface area contributed by atoms with Gasteiger partial charge in [-0.1, -0.05) is 6.07 Å². The average molecular weight is 433 g/mol. The molecule has 1 aliphatic rings. The van der Waals surface area contributed by atoms with E-state index in [1.165, 1.54) is 6.07 Å². The van der Waals surface area contributed by atoms with E-state index in [4.69, 9.17) is 10.5 Å². The third kappa shape index (κ3) is 3.42. The first-order valence-electron chi connectivity index (χ1n) is 10.5. The molecule has 7 nitrogen and oxygen atoms in total. The summed E-state index contributed by atoms with van der Waals surface area (Å²) in [5.41, 5.74) is 10.7. The van der Waals surface area contributed by atoms with Crippen molar-refractivity contribution in [3.63, 3.8) is 0 Å². The van der Waals surface area contributed by atoms with Crippen LogP contribution in [0.3, 0.4) is 0 Å². The lowest BCUT2D eigenvalue weighted by Gasteiger charge is -2.26. The lowest BCUT2D eigenvalue weighted by Crippen LogP contribution is -2.22. The fourth-order valence-electron chi connectivity index (χ4n) is 4.11. The second-order valence-electron chi connectivity index (χ2n) is 8.62. The monoisotopic (exact) mass is 433 g/mol. The Labute approximate surface area is 184 Å². The highest BCUT2D eigenvalue weighted by atomic mass is 19.1. The fraction of sp³-hybridized carbons (Fsp3) is 0.250. The maximum atomic E-state index is 14.3. The fourth-order valence-corrected chi connectivity index (χ4v) is 4.11. The molecule has 0 aliphatic carbocycles. The average Bonchev–Trinajstić information content (AvgIpc) is 3.25. The Morgan fingerprint density at radius 2 is 2.06 bits per heavy atom. The number of rotatable bonds is 5. The summed E-state index contributed by atoms with van der Waals surface area (Å²) < 4.78 is 20.4. The molecule has 0 bridgehead atoms. The number of nitrogens with two attached hydrogens (primary N) is 1. The first kappa shape index (κ1) is 20.3. The molecule has 0 radical (unpaired) electrons. The number of hydrogen-bond donors (Lipinski definition) is 4. The maximum Gasteiger partial charge on any atom is 0.148 e. The molecule has 164 valence electrons. The van der Waals surface area contributed by atoms with Crippen LogP contribution in [0.4, 0.5) is 10.1 Å². The predicted octanol–water partition coefficient (Wildman–Crippen LogP) is 3.93. The van der Waals surface area contributed by atoms with Gasteiger partial charge in [-0.2, -0.15) is 5.10 Å². The summed E-state index contributed by atoms with van der Waals surface area (Å²) in [4.78, 5) is 4.54. The zero-order valence-corrected chi connectivity index (χ0v) is 17.9. The van der Waals surface area contributed by atoms with E-state index in [0.29, 0.717) is 41.9 Å². The molecule has 0 unspecified atom stereocenters. The van der Waals surface area contributed by atoms with Crippen molar-refractivity contribution in [2.24, 2.45) is 5.73 Å². The van der Waals surface area contributed by atoms with Crippen molar-refractivity contribution in [3.05, 3.63) is 65.4 Å². The van der Waals surface area contributed by atoms with Crippen molar-refractivity contribution >= 4 is 33.1 Å². The highest BCUT2D eigenvalue weighted by Crippen LogP contribution is 2.43. The lowest BCUT2D eigenvalue weighted by atomic mass is 9.88. The van der Waals surface area contributed by atoms with E-state index in [-0.39, 0.29) is 5.82 Å². The summed E-state index contributed by atoms with van der Waals surface area (Å²) in [6.45, 7) is 4.27. The van der Waals surface area contributed by atoms with Crippen LogP contribution in [0.25, 0.3) is 27.4 Å². The van der Waals surface area contributed by atoms with Crippen LogP contribution in [0.1, 0.15) is 31.4 Å². The predicted molar refractivity (Wildman–Crippen MR) is 123 cm³/mol. The van der Waals surface area contributed by atoms with Gasteiger partial charge < -0.3 is 20.9 Å². The third-order valence-electron chi connectivity index (χ3n) is 5.71. The molecule has 0 saturated heterocycles. The van der Waals surface area contributed by atoms with Crippen LogP contribution in [-0.4, -0.2) is 39.0 Å². The normalized spacial score (nSPS) is 14.0. The van der Waals surface area contributed by atoms with Gasteiger partial charge in [-0.15, -0.1) is 0 Å². The van der Waals surface area contributed by atoms with E-state index in [9.17, 15) is 9.50 Å². The molecule has 2 aromatic carbocycles. The number of H-pyrrole nitrogens is 1. The van der Waals surface area contributed by atoms with Gasteiger partial charge in [-0.25, -0.2) is 4.39 Å². The molecule has 1 aliphatic heterocycles. The summed E-state index contributed by atoms with van der Waals surface area (Å²) >= 11 is 0. The van der Waals surface area contributed by atoms with Gasteiger partial charge in [0.25, 0.3) is 0 Å². The number of aromatic nitrogens is 3. The Bertz CT molecular complexity index is 1370. The van der Waals surface area contributed by atoms with Crippen molar-refractivity contribution in [2.75, 3.05) is 18.5 Å². The van der Waals surface area contributed by atoms with Gasteiger partial charge in [-0.3, -0.25) is 10.1 Å². The second-order valence-corrected chi connectivity index (χ2v) is 8.62. The van der Waals surface area contributed by atoms with Gasteiger partial charge >= 0.3 is 0 Å². The number of aromatic amines is 1. The molecular formula is C24H24FN5O2. The van der Waals surface area contributed by atoms with Gasteiger partial charge in [-0.05, 0) is 43.7 Å². The molecule has 32 heavy (non-hydrogen) atoms. The minimum Gasteiger partial charge on any atom is -0.491 e. The Balaban J connectivity index is 1.70. The van der Waals surface area contributed by atoms with Crippen molar-refractivity contribution in [3.8, 4) is 5.75 Å². The molecule has 3 heterocycles. The number of benzene rings is 2. The Morgan fingerprint density at radius 3 is 2.88 bits per heavy atom. The van der Waals surface area contributed by atoms with Gasteiger partial charge in [0.1, 0.15) is 22.6 Å². The molecule has 0 spiro atoms. The number of halogens is 1. The molecule has 4 aromatic rings. The highest BCUT2D eigenvalue weighted by Gasteiger charge is 2.25. The Hall–Kier alpha value is -3.65. The number of ether oxygens (including phenoxy) is 1. The van der Waals surface area contributed by atoms with Gasteiger partial charge in [0, 0.05) is 40.2 Å². The van der Waals surface area contributed by atoms with Gasteiger partial charge in [0.15, 0.2) is 0 Å². The molecule has 8 heteroatoms. The standard InChI is InChI=1S/C24H24FN5O2/c1-24(2,31)7-9-32-19-10-15-20(13-5-6-17(25)22-16(13)11-29-30-22)18(26)12-28-21(15)14-4-3-8-27-23(14)19/h3-6,8,10-11,28,31H,7,9,12,26H2,1-2H3,(H,29,30). The van der Waals surface area contributed by atoms with E-state index >= 15 is 0 Å². The van der Waals surface area contributed by atoms with Crippen LogP contribution in [0.2, 0.25) is 0 Å². The largest absolute Gasteiger partial charge is 0.491 e. The van der Waals surface area contributed by atoms with E-state index in [2.05, 4.69) is 20.5 Å². The Kier molecular flexibility index (Phi) is 4.74. The second kappa shape index (κ2) is 7.49. The van der Waals surface area contributed by atoms with Crippen LogP contribution >= 0.6 is 0 Å². The van der Waals surface area contributed by atoms with Crippen LogP contribution in [-0.2, 0) is 0 Å². The minimum atomic E-state index is -0.838. The number of aliphatic hydroxyl groups is 1. The van der Waals surface area contributed by atoms with E-state index in [1.807, 2.05) is 18.2 Å². The zero-order chi connectivity index (χ0) is 22.5. The van der Waals surface area contributed by atoms with Crippen molar-refractivity contribution in [1.82, 2.24) is 15.2 Å². The number of hydrogen-bond acceptors (Lipinski definition) is 6. The smallest absolute Gasteiger partial charge is 0.148 e. The number of nitrogens with zero attached hydrogens (tertiary/aromatic N) is 2. The molecule has 2 aromatic heterocycles. The summed E-state index contributed by atoms with van der Waals surface area (Å²) in [5.74, 6) is 0.232. The van der Waals surface area contributed by atoms with E-state index in [1.54, 1.807) is 32.3 Å². The summed E-state index contributed by atoms with van der Waals surface area (Å²) in [7, 11) is 0. The number of nitrogens with one attached hydrogen (secondary N) is 2. The molecule has 0 saturated carbocycles. The molecular weight excluding hydrogens is 409 g/mol. The summed E-state index contributed by atoms with van der Waals surface area (Å²) in [6, 6.07) is 8.92. The van der Waals surface area contributed by atoms with E-state index in [0.717, 1.165) is 33.3 Å². The summed E-state index contributed by atoms with van der Waals surface area (Å²) in [5, 5.41) is 21.8. The topological polar surface area (TPSA) is 109 Å². The van der Waals surface area contributed by atoms with Crippen molar-refractivity contribution < 1.29 is 14.2 Å². The van der Waals surface area contributed by atoms with Gasteiger partial charge in [0.05, 0.1) is 30.6 Å². The lowest BCUT2D eigenvalue weighted by molar-refractivity contribution is 0.0555. The maximum absolute atomic E-state index is 14.3.